The molecule has 0 radical (unpaired) electrons. The maximum absolute atomic E-state index is 7.57. The molecule has 0 atom stereocenters. The lowest BCUT2D eigenvalue weighted by Gasteiger charge is -1.89. The molecule has 0 bridgehead atoms. The largest absolute Gasteiger partial charge is 0.397 e. The molecule has 1 aromatic rings. The molecule has 0 saturated carbocycles. The molecule has 0 aliphatic heterocycles. The summed E-state index contributed by atoms with van der Waals surface area (Å²) in [5.41, 5.74) is 1.41. The summed E-state index contributed by atoms with van der Waals surface area (Å²) < 4.78 is 0. The summed E-state index contributed by atoms with van der Waals surface area (Å²) in [5.74, 6) is 1.24. The number of thioether (sulfide) groups is 1. The van der Waals surface area contributed by atoms with Crippen molar-refractivity contribution in [3.05, 3.63) is 35.9 Å². The fourth-order valence-electron chi connectivity index (χ4n) is 0.714. The van der Waals surface area contributed by atoms with Crippen LogP contribution >= 0.6 is 11.8 Å². The topological polar surface area (TPSA) is 20.2 Å². The number of benzene rings is 1. The van der Waals surface area contributed by atoms with Crippen molar-refractivity contribution >= 4 is 11.8 Å². The highest BCUT2D eigenvalue weighted by molar-refractivity contribution is 7.98. The van der Waals surface area contributed by atoms with Gasteiger partial charge in [0.15, 0.2) is 0 Å². The van der Waals surface area contributed by atoms with Crippen molar-refractivity contribution in [2.75, 3.05) is 18.6 Å². The lowest BCUT2D eigenvalue weighted by molar-refractivity contribution is 0.318. The molecular weight excluding hydrogens is 228 g/mol. The second-order valence-corrected chi connectivity index (χ2v) is 3.89. The van der Waals surface area contributed by atoms with Crippen LogP contribution in [-0.4, -0.2) is 23.7 Å². The van der Waals surface area contributed by atoms with Gasteiger partial charge < -0.3 is 5.11 Å². The third kappa shape index (κ3) is 25.6. The van der Waals surface area contributed by atoms with Crippen LogP contribution in [-0.2, 0) is 6.42 Å². The molecule has 1 rings (SSSR count). The number of aliphatic hydroxyl groups is 1. The third-order valence-electron chi connectivity index (χ3n) is 1.54. The number of rotatable bonds is 2. The van der Waals surface area contributed by atoms with E-state index in [-0.39, 0.29) is 6.61 Å². The van der Waals surface area contributed by atoms with E-state index < -0.39 is 0 Å². The van der Waals surface area contributed by atoms with Crippen molar-refractivity contribution in [3.63, 3.8) is 0 Å². The molecule has 0 heterocycles. The van der Waals surface area contributed by atoms with E-state index >= 15 is 0 Å². The van der Waals surface area contributed by atoms with E-state index in [0.717, 1.165) is 6.42 Å². The number of aryl methyl sites for hydroxylation is 1. The Kier molecular flexibility index (Phi) is 31.6. The zero-order valence-corrected chi connectivity index (χ0v) is 13.2. The first-order valence-electron chi connectivity index (χ1n) is 6.40. The molecular formula is C15H30OS. The van der Waals surface area contributed by atoms with Gasteiger partial charge in [0.25, 0.3) is 0 Å². The summed E-state index contributed by atoms with van der Waals surface area (Å²) in [6, 6.07) is 10.5. The zero-order valence-electron chi connectivity index (χ0n) is 12.4. The number of hydrogen-bond acceptors (Lipinski definition) is 2. The number of aliphatic hydroxyl groups excluding tert-OH is 1. The standard InChI is InChI=1S/C8H10.C3H8S.C2H6O.C2H6/c1-2-8-6-4-3-5-7-8;1-3-4-2;1-2-3;1-2/h3-7H,2H2,1H3;3H2,1-2H3;3H,2H2,1H3;1-2H3. The molecule has 1 N–H and O–H groups in total. The monoisotopic (exact) mass is 258 g/mol. The quantitative estimate of drug-likeness (QED) is 0.833. The van der Waals surface area contributed by atoms with E-state index in [0.29, 0.717) is 0 Å². The molecule has 0 fully saturated rings. The van der Waals surface area contributed by atoms with Crippen LogP contribution in [0.1, 0.15) is 40.2 Å². The molecule has 0 amide bonds. The molecule has 0 aliphatic rings. The highest BCUT2D eigenvalue weighted by Gasteiger charge is 1.79. The first kappa shape index (κ1) is 21.8. The van der Waals surface area contributed by atoms with Crippen LogP contribution in [0.3, 0.4) is 0 Å². The maximum Gasteiger partial charge on any atom is 0.0402 e. The smallest absolute Gasteiger partial charge is 0.0402 e. The Morgan fingerprint density at radius 3 is 1.53 bits per heavy atom. The zero-order chi connectivity index (χ0) is 13.9. The van der Waals surface area contributed by atoms with Crippen molar-refractivity contribution in [1.29, 1.82) is 0 Å². The van der Waals surface area contributed by atoms with Gasteiger partial charge in [0.2, 0.25) is 0 Å². The summed E-state index contributed by atoms with van der Waals surface area (Å²) in [6.45, 7) is 10.2. The van der Waals surface area contributed by atoms with Crippen molar-refractivity contribution in [1.82, 2.24) is 0 Å². The molecule has 17 heavy (non-hydrogen) atoms. The minimum atomic E-state index is 0.250. The summed E-state index contributed by atoms with van der Waals surface area (Å²) in [6.07, 6.45) is 3.24. The second kappa shape index (κ2) is 24.7. The fourth-order valence-corrected chi connectivity index (χ4v) is 0.714. The number of hydrogen-bond donors (Lipinski definition) is 1. The van der Waals surface area contributed by atoms with Crippen molar-refractivity contribution in [3.8, 4) is 0 Å². The van der Waals surface area contributed by atoms with Crippen LogP contribution in [0.2, 0.25) is 0 Å². The molecule has 0 unspecified atom stereocenters. The highest BCUT2D eigenvalue weighted by Crippen LogP contribution is 1.96. The normalized spacial score (nSPS) is 7.47. The van der Waals surface area contributed by atoms with E-state index in [4.69, 9.17) is 5.11 Å². The Morgan fingerprint density at radius 2 is 1.35 bits per heavy atom. The van der Waals surface area contributed by atoms with Crippen LogP contribution in [0.4, 0.5) is 0 Å². The first-order valence-corrected chi connectivity index (χ1v) is 7.79. The average molecular weight is 258 g/mol. The van der Waals surface area contributed by atoms with Crippen LogP contribution in [0.25, 0.3) is 0 Å². The molecule has 0 spiro atoms. The van der Waals surface area contributed by atoms with Gasteiger partial charge in [0.05, 0.1) is 0 Å². The second-order valence-electron chi connectivity index (χ2n) is 2.73. The molecule has 1 nitrogen and oxygen atoms in total. The van der Waals surface area contributed by atoms with Gasteiger partial charge in [-0.2, -0.15) is 11.8 Å². The van der Waals surface area contributed by atoms with E-state index in [2.05, 4.69) is 44.4 Å². The third-order valence-corrected chi connectivity index (χ3v) is 2.12. The molecule has 0 aromatic heterocycles. The predicted molar refractivity (Wildman–Crippen MR) is 84.0 cm³/mol. The summed E-state index contributed by atoms with van der Waals surface area (Å²) in [7, 11) is 0. The first-order chi connectivity index (χ1) is 8.26. The Bertz CT molecular complexity index is 185. The van der Waals surface area contributed by atoms with E-state index in [1.807, 2.05) is 31.7 Å². The van der Waals surface area contributed by atoms with Crippen LogP contribution < -0.4 is 0 Å². The minimum Gasteiger partial charge on any atom is -0.397 e. The van der Waals surface area contributed by atoms with Gasteiger partial charge in [-0.25, -0.2) is 0 Å². The minimum absolute atomic E-state index is 0.250. The van der Waals surface area contributed by atoms with Crippen molar-refractivity contribution < 1.29 is 5.11 Å². The van der Waals surface area contributed by atoms with Crippen LogP contribution in [0.5, 0.6) is 0 Å². The predicted octanol–water partition coefficient (Wildman–Crippen LogP) is 4.64. The molecule has 2 heteroatoms. The van der Waals surface area contributed by atoms with E-state index in [9.17, 15) is 0 Å². The lowest BCUT2D eigenvalue weighted by atomic mass is 10.2. The summed E-state index contributed by atoms with van der Waals surface area (Å²) in [4.78, 5) is 0. The van der Waals surface area contributed by atoms with Gasteiger partial charge in [-0.3, -0.25) is 0 Å². The summed E-state index contributed by atoms with van der Waals surface area (Å²) >= 11 is 1.86. The van der Waals surface area contributed by atoms with Gasteiger partial charge >= 0.3 is 0 Å². The SMILES string of the molecule is CC.CCO.CCSC.CCc1ccccc1. The average Bonchev–Trinajstić information content (AvgIpc) is 2.43. The van der Waals surface area contributed by atoms with E-state index in [1.54, 1.807) is 6.92 Å². The van der Waals surface area contributed by atoms with Crippen LogP contribution in [0.15, 0.2) is 30.3 Å². The summed E-state index contributed by atoms with van der Waals surface area (Å²) in [5, 5.41) is 7.57. The fraction of sp³-hybridized carbons (Fsp3) is 0.600. The van der Waals surface area contributed by atoms with Gasteiger partial charge in [-0.05, 0) is 30.9 Å². The Hall–Kier alpha value is -0.470. The molecule has 0 aliphatic carbocycles. The molecule has 1 aromatic carbocycles. The van der Waals surface area contributed by atoms with E-state index in [1.165, 1.54) is 11.3 Å². The Labute approximate surface area is 113 Å². The Morgan fingerprint density at radius 1 is 1.00 bits per heavy atom. The lowest BCUT2D eigenvalue weighted by Crippen LogP contribution is -1.73. The van der Waals surface area contributed by atoms with Crippen LogP contribution in [0, 0.1) is 0 Å². The van der Waals surface area contributed by atoms with Gasteiger partial charge in [0.1, 0.15) is 0 Å². The highest BCUT2D eigenvalue weighted by atomic mass is 32.2. The maximum atomic E-state index is 7.57. The van der Waals surface area contributed by atoms with Gasteiger partial charge in [-0.15, -0.1) is 0 Å². The molecule has 0 saturated heterocycles. The molecule has 102 valence electrons. The van der Waals surface area contributed by atoms with Gasteiger partial charge in [-0.1, -0.05) is 58.0 Å². The van der Waals surface area contributed by atoms with Crippen molar-refractivity contribution in [2.45, 2.75) is 41.0 Å². The Balaban J connectivity index is -0.000000186. The van der Waals surface area contributed by atoms with Gasteiger partial charge in [0, 0.05) is 6.61 Å². The van der Waals surface area contributed by atoms with Crippen molar-refractivity contribution in [2.24, 2.45) is 0 Å².